The van der Waals surface area contributed by atoms with Crippen molar-refractivity contribution in [2.24, 2.45) is 5.92 Å². The largest absolute Gasteiger partial charge is 0.481 e. The first-order chi connectivity index (χ1) is 10.7. The lowest BCUT2D eigenvalue weighted by molar-refractivity contribution is 0.392. The number of fused-ring (bicyclic) bond motifs is 3. The second kappa shape index (κ2) is 5.27. The normalized spacial score (nSPS) is 16.0. The highest BCUT2D eigenvalue weighted by Crippen LogP contribution is 2.35. The van der Waals surface area contributed by atoms with Gasteiger partial charge in [-0.05, 0) is 36.3 Å². The predicted octanol–water partition coefficient (Wildman–Crippen LogP) is 2.82. The predicted molar refractivity (Wildman–Crippen MR) is 85.2 cm³/mol. The zero-order chi connectivity index (χ0) is 15.1. The van der Waals surface area contributed by atoms with Crippen LogP contribution in [0.25, 0.3) is 11.3 Å². The number of hydrogen-bond acceptors (Lipinski definition) is 3. The molecule has 0 atom stereocenters. The van der Waals surface area contributed by atoms with E-state index in [9.17, 15) is 4.79 Å². The van der Waals surface area contributed by atoms with Crippen molar-refractivity contribution >= 4 is 0 Å². The maximum atomic E-state index is 12.1. The van der Waals surface area contributed by atoms with Crippen LogP contribution in [0, 0.1) is 5.92 Å². The van der Waals surface area contributed by atoms with E-state index in [2.05, 4.69) is 23.2 Å². The van der Waals surface area contributed by atoms with Gasteiger partial charge in [0.15, 0.2) is 0 Å². The van der Waals surface area contributed by atoms with Crippen molar-refractivity contribution in [3.63, 3.8) is 0 Å². The van der Waals surface area contributed by atoms with Gasteiger partial charge in [-0.1, -0.05) is 31.0 Å². The first-order valence-corrected chi connectivity index (χ1v) is 8.02. The van der Waals surface area contributed by atoms with E-state index in [1.54, 1.807) is 11.7 Å². The van der Waals surface area contributed by atoms with E-state index in [4.69, 9.17) is 4.74 Å². The minimum Gasteiger partial charge on any atom is -0.481 e. The van der Waals surface area contributed by atoms with Crippen molar-refractivity contribution in [1.82, 2.24) is 9.55 Å². The van der Waals surface area contributed by atoms with Gasteiger partial charge in [-0.3, -0.25) is 4.57 Å². The van der Waals surface area contributed by atoms with E-state index < -0.39 is 0 Å². The third-order valence-electron chi connectivity index (χ3n) is 4.79. The Labute approximate surface area is 129 Å². The Hall–Kier alpha value is -2.10. The molecular weight excluding hydrogens is 276 g/mol. The highest BCUT2D eigenvalue weighted by molar-refractivity contribution is 5.67. The molecule has 0 radical (unpaired) electrons. The molecule has 1 aliphatic carbocycles. The van der Waals surface area contributed by atoms with Gasteiger partial charge in [-0.25, -0.2) is 4.79 Å². The van der Waals surface area contributed by atoms with Crippen LogP contribution in [0.1, 0.15) is 30.4 Å². The van der Waals surface area contributed by atoms with Gasteiger partial charge in [0.05, 0.1) is 12.8 Å². The molecule has 0 amide bonds. The average Bonchev–Trinajstić information content (AvgIpc) is 3.36. The molecule has 0 unspecified atom stereocenters. The summed E-state index contributed by atoms with van der Waals surface area (Å²) in [4.78, 5) is 16.0. The second-order valence-corrected chi connectivity index (χ2v) is 6.34. The maximum absolute atomic E-state index is 12.1. The molecule has 1 fully saturated rings. The summed E-state index contributed by atoms with van der Waals surface area (Å²) in [6.45, 7) is 0.699. The van der Waals surface area contributed by atoms with Crippen molar-refractivity contribution in [2.45, 2.75) is 38.6 Å². The molecule has 0 N–H and O–H groups in total. The Balaban J connectivity index is 1.71. The zero-order valence-electron chi connectivity index (χ0n) is 12.8. The number of hydrogen-bond donors (Lipinski definition) is 0. The van der Waals surface area contributed by atoms with Gasteiger partial charge >= 0.3 is 5.69 Å². The minimum atomic E-state index is -0.224. The van der Waals surface area contributed by atoms with Crippen LogP contribution in [0.15, 0.2) is 29.1 Å². The van der Waals surface area contributed by atoms with Gasteiger partial charge in [0.25, 0.3) is 0 Å². The van der Waals surface area contributed by atoms with Crippen LogP contribution in [0.2, 0.25) is 0 Å². The lowest BCUT2D eigenvalue weighted by atomic mass is 9.94. The van der Waals surface area contributed by atoms with E-state index in [-0.39, 0.29) is 5.69 Å². The molecule has 1 aromatic heterocycles. The van der Waals surface area contributed by atoms with Crippen LogP contribution in [0.5, 0.6) is 5.88 Å². The van der Waals surface area contributed by atoms with Gasteiger partial charge in [0.2, 0.25) is 5.88 Å². The summed E-state index contributed by atoms with van der Waals surface area (Å²) in [5.41, 5.74) is 4.59. The molecule has 1 aromatic carbocycles. The molecule has 4 nitrogen and oxygen atoms in total. The molecule has 1 aliphatic heterocycles. The van der Waals surface area contributed by atoms with Crippen LogP contribution in [-0.2, 0) is 19.4 Å². The SMILES string of the molecule is COc1cc2n(c(=O)n1)CCc1cc(CCC3CC3)ccc1-2. The number of methoxy groups -OCH3 is 1. The van der Waals surface area contributed by atoms with Crippen LogP contribution in [0.3, 0.4) is 0 Å². The summed E-state index contributed by atoms with van der Waals surface area (Å²) in [5, 5.41) is 0. The van der Waals surface area contributed by atoms with E-state index in [0.29, 0.717) is 12.4 Å². The monoisotopic (exact) mass is 296 g/mol. The van der Waals surface area contributed by atoms with Crippen molar-refractivity contribution in [3.05, 3.63) is 45.9 Å². The number of ether oxygens (including phenoxy) is 1. The Morgan fingerprint density at radius 3 is 2.95 bits per heavy atom. The molecule has 4 heteroatoms. The summed E-state index contributed by atoms with van der Waals surface area (Å²) in [5.74, 6) is 1.35. The molecule has 22 heavy (non-hydrogen) atoms. The number of benzene rings is 1. The fraction of sp³-hybridized carbons (Fsp3) is 0.444. The molecule has 114 valence electrons. The molecule has 2 aromatic rings. The van der Waals surface area contributed by atoms with E-state index >= 15 is 0 Å². The highest BCUT2D eigenvalue weighted by atomic mass is 16.5. The topological polar surface area (TPSA) is 44.1 Å². The van der Waals surface area contributed by atoms with Gasteiger partial charge < -0.3 is 4.74 Å². The Bertz CT molecular complexity index is 775. The van der Waals surface area contributed by atoms with Crippen LogP contribution >= 0.6 is 0 Å². The summed E-state index contributed by atoms with van der Waals surface area (Å²) in [6.07, 6.45) is 6.20. The highest BCUT2D eigenvalue weighted by Gasteiger charge is 2.22. The van der Waals surface area contributed by atoms with E-state index in [1.807, 2.05) is 6.07 Å². The second-order valence-electron chi connectivity index (χ2n) is 6.34. The van der Waals surface area contributed by atoms with Crippen molar-refractivity contribution in [3.8, 4) is 17.1 Å². The number of rotatable bonds is 4. The van der Waals surface area contributed by atoms with Crippen molar-refractivity contribution in [2.75, 3.05) is 7.11 Å². The fourth-order valence-electron chi connectivity index (χ4n) is 3.30. The Kier molecular flexibility index (Phi) is 3.25. The Morgan fingerprint density at radius 2 is 2.18 bits per heavy atom. The first-order valence-electron chi connectivity index (χ1n) is 8.02. The van der Waals surface area contributed by atoms with Crippen LogP contribution < -0.4 is 10.4 Å². The number of aromatic nitrogens is 2. The van der Waals surface area contributed by atoms with E-state index in [1.165, 1.54) is 36.8 Å². The average molecular weight is 296 g/mol. The zero-order valence-corrected chi connectivity index (χ0v) is 12.8. The molecule has 2 heterocycles. The summed E-state index contributed by atoms with van der Waals surface area (Å²) >= 11 is 0. The third kappa shape index (κ3) is 2.43. The van der Waals surface area contributed by atoms with Crippen LogP contribution in [-0.4, -0.2) is 16.7 Å². The summed E-state index contributed by atoms with van der Waals surface area (Å²) < 4.78 is 6.89. The molecule has 0 bridgehead atoms. The molecule has 2 aliphatic rings. The summed E-state index contributed by atoms with van der Waals surface area (Å²) in [6, 6.07) is 8.54. The molecule has 4 rings (SSSR count). The number of nitrogens with zero attached hydrogens (tertiary/aromatic N) is 2. The number of aryl methyl sites for hydroxylation is 2. The first kappa shape index (κ1) is 13.6. The third-order valence-corrected chi connectivity index (χ3v) is 4.79. The maximum Gasteiger partial charge on any atom is 0.351 e. The van der Waals surface area contributed by atoms with Gasteiger partial charge in [-0.15, -0.1) is 0 Å². The van der Waals surface area contributed by atoms with Gasteiger partial charge in [0, 0.05) is 18.2 Å². The van der Waals surface area contributed by atoms with Gasteiger partial charge in [-0.2, -0.15) is 4.98 Å². The molecular formula is C18H20N2O2. The van der Waals surface area contributed by atoms with Crippen LogP contribution in [0.4, 0.5) is 0 Å². The lowest BCUT2D eigenvalue weighted by Gasteiger charge is -2.22. The van der Waals surface area contributed by atoms with Crippen molar-refractivity contribution < 1.29 is 4.74 Å². The minimum absolute atomic E-state index is 0.224. The molecule has 0 saturated heterocycles. The standard InChI is InChI=1S/C18H20N2O2/c1-22-17-11-16-15-7-6-13(5-4-12-2-3-12)10-14(15)8-9-20(16)18(21)19-17/h6-7,10-12H,2-5,8-9H2,1H3. The lowest BCUT2D eigenvalue weighted by Crippen LogP contribution is -2.28. The quantitative estimate of drug-likeness (QED) is 0.871. The Morgan fingerprint density at radius 1 is 1.32 bits per heavy atom. The summed E-state index contributed by atoms with van der Waals surface area (Å²) in [7, 11) is 1.55. The molecule has 1 saturated carbocycles. The fourth-order valence-corrected chi connectivity index (χ4v) is 3.30. The smallest absolute Gasteiger partial charge is 0.351 e. The van der Waals surface area contributed by atoms with Gasteiger partial charge in [0.1, 0.15) is 0 Å². The van der Waals surface area contributed by atoms with E-state index in [0.717, 1.165) is 23.6 Å². The van der Waals surface area contributed by atoms with Crippen molar-refractivity contribution in [1.29, 1.82) is 0 Å². The molecule has 0 spiro atoms.